The number of carbonyl (C=O) groups is 3. The standard InChI is InChI=1S/C33H31NO6/c1-3-5-17-39-26-14-13-22-20-8-11-24-29-23(31(36)34(15-16-35)32(24)37)10-7-19(27(20)29)21-9-12-25(30(26)28(21)22)33(38)40-18-6-4-2/h7-14,35H,3-6,15-18H2,1-2H3. The van der Waals surface area contributed by atoms with E-state index in [0.29, 0.717) is 46.4 Å². The Bertz CT molecular complexity index is 1740. The highest BCUT2D eigenvalue weighted by atomic mass is 16.5. The number of fused-ring (bicyclic) bond motifs is 2. The predicted molar refractivity (Wildman–Crippen MR) is 156 cm³/mol. The van der Waals surface area contributed by atoms with Crippen LogP contribution in [0.25, 0.3) is 43.1 Å². The summed E-state index contributed by atoms with van der Waals surface area (Å²) in [5.74, 6) is -0.559. The molecule has 0 aromatic heterocycles. The van der Waals surface area contributed by atoms with Crippen LogP contribution in [0.5, 0.6) is 5.75 Å². The summed E-state index contributed by atoms with van der Waals surface area (Å²) in [6.07, 6.45) is 3.60. The topological polar surface area (TPSA) is 93.1 Å². The molecule has 0 saturated heterocycles. The molecule has 1 aliphatic heterocycles. The Hall–Kier alpha value is -4.23. The minimum absolute atomic E-state index is 0.0534. The maximum atomic E-state index is 13.3. The van der Waals surface area contributed by atoms with Gasteiger partial charge >= 0.3 is 5.97 Å². The fraction of sp³-hybridized carbons (Fsp3) is 0.303. The van der Waals surface area contributed by atoms with Crippen molar-refractivity contribution in [1.82, 2.24) is 4.90 Å². The molecule has 6 rings (SSSR count). The number of hydrogen-bond donors (Lipinski definition) is 1. The molecule has 7 nitrogen and oxygen atoms in total. The van der Waals surface area contributed by atoms with Crippen molar-refractivity contribution in [3.05, 3.63) is 65.2 Å². The number of carbonyl (C=O) groups excluding carboxylic acids is 3. The average Bonchev–Trinajstić information content (AvgIpc) is 2.97. The number of imide groups is 1. The number of unbranched alkanes of at least 4 members (excludes halogenated alkanes) is 2. The number of aliphatic hydroxyl groups excluding tert-OH is 1. The normalized spacial score (nSPS) is 13.3. The van der Waals surface area contributed by atoms with E-state index in [4.69, 9.17) is 9.47 Å². The minimum atomic E-state index is -0.406. The molecule has 5 aromatic carbocycles. The van der Waals surface area contributed by atoms with Gasteiger partial charge in [-0.2, -0.15) is 0 Å². The Morgan fingerprint density at radius 2 is 1.27 bits per heavy atom. The fourth-order valence-electron chi connectivity index (χ4n) is 5.90. The number of hydrogen-bond acceptors (Lipinski definition) is 6. The zero-order chi connectivity index (χ0) is 28.0. The Labute approximate surface area is 231 Å². The lowest BCUT2D eigenvalue weighted by atomic mass is 9.84. The predicted octanol–water partition coefficient (Wildman–Crippen LogP) is 6.46. The van der Waals surface area contributed by atoms with Crippen molar-refractivity contribution in [2.45, 2.75) is 39.5 Å². The third kappa shape index (κ3) is 3.87. The third-order valence-electron chi connectivity index (χ3n) is 7.84. The van der Waals surface area contributed by atoms with Gasteiger partial charge in [0.15, 0.2) is 0 Å². The Kier molecular flexibility index (Phi) is 6.76. The van der Waals surface area contributed by atoms with Crippen LogP contribution in [0.4, 0.5) is 0 Å². The smallest absolute Gasteiger partial charge is 0.338 e. The summed E-state index contributed by atoms with van der Waals surface area (Å²) in [7, 11) is 0. The van der Waals surface area contributed by atoms with Gasteiger partial charge < -0.3 is 14.6 Å². The van der Waals surface area contributed by atoms with Gasteiger partial charge in [-0.25, -0.2) is 4.79 Å². The van der Waals surface area contributed by atoms with Crippen LogP contribution in [-0.2, 0) is 4.74 Å². The molecule has 0 fully saturated rings. The van der Waals surface area contributed by atoms with E-state index in [1.807, 2.05) is 30.3 Å². The van der Waals surface area contributed by atoms with E-state index in [2.05, 4.69) is 13.8 Å². The van der Waals surface area contributed by atoms with Crippen molar-refractivity contribution in [2.75, 3.05) is 26.4 Å². The molecule has 40 heavy (non-hydrogen) atoms. The van der Waals surface area contributed by atoms with Crippen LogP contribution in [0.3, 0.4) is 0 Å². The first kappa shape index (κ1) is 26.0. The molecular formula is C33H31NO6. The SMILES string of the molecule is CCCCOC(=O)c1ccc2c3ccc4c5c(ccc(c6ccc(OCCCC)c1c62)c53)C(=O)N(CCO)C4=O. The van der Waals surface area contributed by atoms with Crippen LogP contribution in [0.2, 0.25) is 0 Å². The maximum Gasteiger partial charge on any atom is 0.338 e. The second kappa shape index (κ2) is 10.4. The van der Waals surface area contributed by atoms with Gasteiger partial charge in [0.2, 0.25) is 0 Å². The van der Waals surface area contributed by atoms with E-state index in [1.165, 1.54) is 0 Å². The number of benzene rings is 5. The molecule has 1 aliphatic rings. The van der Waals surface area contributed by atoms with Crippen LogP contribution in [0.1, 0.15) is 70.6 Å². The first-order valence-electron chi connectivity index (χ1n) is 14.0. The van der Waals surface area contributed by atoms with Gasteiger partial charge in [0.25, 0.3) is 11.8 Å². The van der Waals surface area contributed by atoms with Gasteiger partial charge in [-0.05, 0) is 64.0 Å². The van der Waals surface area contributed by atoms with Crippen molar-refractivity contribution in [1.29, 1.82) is 0 Å². The minimum Gasteiger partial charge on any atom is -0.493 e. The molecule has 1 heterocycles. The van der Waals surface area contributed by atoms with Crippen molar-refractivity contribution >= 4 is 60.9 Å². The van der Waals surface area contributed by atoms with Crippen molar-refractivity contribution in [3.8, 4) is 5.75 Å². The third-order valence-corrected chi connectivity index (χ3v) is 7.84. The number of amides is 2. The highest BCUT2D eigenvalue weighted by Gasteiger charge is 2.34. The molecule has 204 valence electrons. The summed E-state index contributed by atoms with van der Waals surface area (Å²) in [6.45, 7) is 4.69. The van der Waals surface area contributed by atoms with E-state index in [0.717, 1.165) is 62.9 Å². The first-order chi connectivity index (χ1) is 19.5. The van der Waals surface area contributed by atoms with Gasteiger partial charge in [0, 0.05) is 27.3 Å². The summed E-state index contributed by atoms with van der Waals surface area (Å²) in [5, 5.41) is 16.1. The van der Waals surface area contributed by atoms with Crippen LogP contribution >= 0.6 is 0 Å². The molecule has 0 aliphatic carbocycles. The van der Waals surface area contributed by atoms with Crippen LogP contribution in [0.15, 0.2) is 48.5 Å². The van der Waals surface area contributed by atoms with Crippen LogP contribution < -0.4 is 4.74 Å². The molecule has 2 amide bonds. The van der Waals surface area contributed by atoms with Crippen molar-refractivity contribution < 1.29 is 29.0 Å². The maximum absolute atomic E-state index is 13.3. The van der Waals surface area contributed by atoms with Gasteiger partial charge in [-0.1, -0.05) is 51.0 Å². The molecular weight excluding hydrogens is 506 g/mol. The molecule has 0 spiro atoms. The molecule has 5 aromatic rings. The molecule has 0 bridgehead atoms. The van der Waals surface area contributed by atoms with E-state index in [1.54, 1.807) is 18.2 Å². The van der Waals surface area contributed by atoms with Gasteiger partial charge in [0.1, 0.15) is 5.75 Å². The molecule has 0 radical (unpaired) electrons. The zero-order valence-corrected chi connectivity index (χ0v) is 22.7. The lowest BCUT2D eigenvalue weighted by molar-refractivity contribution is 0.0500. The second-order valence-corrected chi connectivity index (χ2v) is 10.3. The highest BCUT2D eigenvalue weighted by Crippen LogP contribution is 2.46. The number of esters is 1. The monoisotopic (exact) mass is 537 g/mol. The second-order valence-electron chi connectivity index (χ2n) is 10.3. The Balaban J connectivity index is 1.66. The quantitative estimate of drug-likeness (QED) is 0.0722. The van der Waals surface area contributed by atoms with E-state index < -0.39 is 11.8 Å². The zero-order valence-electron chi connectivity index (χ0n) is 22.7. The van der Waals surface area contributed by atoms with Crippen LogP contribution in [0, 0.1) is 0 Å². The lowest BCUT2D eigenvalue weighted by Gasteiger charge is -2.28. The number of rotatable bonds is 10. The van der Waals surface area contributed by atoms with Gasteiger partial charge in [-0.15, -0.1) is 0 Å². The number of β-amino-alcohol motifs (C(OH)–C–C–N with tert-alkyl or cyclic N) is 1. The van der Waals surface area contributed by atoms with Gasteiger partial charge in [0.05, 0.1) is 31.9 Å². The van der Waals surface area contributed by atoms with E-state index in [9.17, 15) is 19.5 Å². The Morgan fingerprint density at radius 3 is 1.88 bits per heavy atom. The van der Waals surface area contributed by atoms with Crippen molar-refractivity contribution in [3.63, 3.8) is 0 Å². The van der Waals surface area contributed by atoms with Crippen molar-refractivity contribution in [2.24, 2.45) is 0 Å². The summed E-state index contributed by atoms with van der Waals surface area (Å²) < 4.78 is 11.9. The van der Waals surface area contributed by atoms with E-state index in [-0.39, 0.29) is 19.1 Å². The molecule has 7 heteroatoms. The van der Waals surface area contributed by atoms with Gasteiger partial charge in [-0.3, -0.25) is 14.5 Å². The largest absolute Gasteiger partial charge is 0.493 e. The summed E-state index contributed by atoms with van der Waals surface area (Å²) >= 11 is 0. The lowest BCUT2D eigenvalue weighted by Crippen LogP contribution is -2.41. The first-order valence-corrected chi connectivity index (χ1v) is 14.0. The number of nitrogens with zero attached hydrogens (tertiary/aromatic N) is 1. The molecule has 0 atom stereocenters. The molecule has 1 N–H and O–H groups in total. The average molecular weight is 538 g/mol. The molecule has 0 unspecified atom stereocenters. The fourth-order valence-corrected chi connectivity index (χ4v) is 5.90. The summed E-state index contributed by atoms with van der Waals surface area (Å²) in [5.41, 5.74) is 1.35. The Morgan fingerprint density at radius 1 is 0.725 bits per heavy atom. The van der Waals surface area contributed by atoms with E-state index >= 15 is 0 Å². The number of ether oxygens (including phenoxy) is 2. The summed E-state index contributed by atoms with van der Waals surface area (Å²) in [4.78, 5) is 41.0. The highest BCUT2D eigenvalue weighted by molar-refractivity contribution is 6.39. The number of aliphatic hydroxyl groups is 1. The molecule has 0 saturated carbocycles. The van der Waals surface area contributed by atoms with Crippen LogP contribution in [-0.4, -0.2) is 54.2 Å². The summed E-state index contributed by atoms with van der Waals surface area (Å²) in [6, 6.07) is 15.0.